The molecule has 0 bridgehead atoms. The molecule has 0 aliphatic rings. The highest BCUT2D eigenvalue weighted by Gasteiger charge is 2.11. The van der Waals surface area contributed by atoms with Crippen molar-refractivity contribution in [2.75, 3.05) is 13.2 Å². The van der Waals surface area contributed by atoms with Gasteiger partial charge in [-0.2, -0.15) is 0 Å². The summed E-state index contributed by atoms with van der Waals surface area (Å²) in [5.41, 5.74) is 0.120. The van der Waals surface area contributed by atoms with Gasteiger partial charge in [0.05, 0.1) is 6.61 Å². The van der Waals surface area contributed by atoms with Gasteiger partial charge in [0.15, 0.2) is 0 Å². The van der Waals surface area contributed by atoms with Gasteiger partial charge in [-0.05, 0) is 37.5 Å². The van der Waals surface area contributed by atoms with Crippen LogP contribution in [0.15, 0.2) is 18.2 Å². The van der Waals surface area contributed by atoms with Crippen molar-refractivity contribution in [2.45, 2.75) is 25.7 Å². The summed E-state index contributed by atoms with van der Waals surface area (Å²) < 4.78 is 5.43. The number of ether oxygens (including phenoxy) is 1. The second kappa shape index (κ2) is 7.95. The number of aliphatic hydroxyl groups is 1. The summed E-state index contributed by atoms with van der Waals surface area (Å²) in [7, 11) is 0. The number of benzene rings is 1. The molecule has 2 N–H and O–H groups in total. The Morgan fingerprint density at radius 1 is 1.22 bits per heavy atom. The Hall–Kier alpha value is -1.26. The molecule has 100 valence electrons. The Kier molecular flexibility index (Phi) is 6.54. The molecule has 0 fully saturated rings. The van der Waals surface area contributed by atoms with Crippen molar-refractivity contribution < 1.29 is 19.7 Å². The van der Waals surface area contributed by atoms with E-state index in [4.69, 9.17) is 26.6 Å². The number of rotatable bonds is 8. The molecule has 1 aromatic carbocycles. The van der Waals surface area contributed by atoms with Gasteiger partial charge in [0.25, 0.3) is 0 Å². The van der Waals surface area contributed by atoms with Gasteiger partial charge in [0.1, 0.15) is 11.3 Å². The highest BCUT2D eigenvalue weighted by molar-refractivity contribution is 6.30. The third-order valence-electron chi connectivity index (χ3n) is 2.48. The first-order chi connectivity index (χ1) is 8.65. The van der Waals surface area contributed by atoms with E-state index < -0.39 is 5.97 Å². The van der Waals surface area contributed by atoms with Crippen LogP contribution in [0.25, 0.3) is 0 Å². The highest BCUT2D eigenvalue weighted by atomic mass is 35.5. The number of unbranched alkanes of at least 4 members (excludes halogenated alkanes) is 3. The van der Waals surface area contributed by atoms with Crippen LogP contribution in [0, 0.1) is 0 Å². The average Bonchev–Trinajstić information content (AvgIpc) is 2.33. The number of aromatic carboxylic acids is 1. The number of hydrogen-bond acceptors (Lipinski definition) is 3. The second-order valence-electron chi connectivity index (χ2n) is 3.93. The summed E-state index contributed by atoms with van der Waals surface area (Å²) in [5.74, 6) is -0.723. The molecule has 0 heterocycles. The Morgan fingerprint density at radius 2 is 1.94 bits per heavy atom. The van der Waals surface area contributed by atoms with Crippen molar-refractivity contribution in [1.82, 2.24) is 0 Å². The first-order valence-electron chi connectivity index (χ1n) is 5.91. The highest BCUT2D eigenvalue weighted by Crippen LogP contribution is 2.23. The topological polar surface area (TPSA) is 66.8 Å². The summed E-state index contributed by atoms with van der Waals surface area (Å²) in [6.45, 7) is 0.657. The van der Waals surface area contributed by atoms with E-state index in [2.05, 4.69) is 0 Å². The van der Waals surface area contributed by atoms with E-state index in [1.165, 1.54) is 18.2 Å². The lowest BCUT2D eigenvalue weighted by molar-refractivity contribution is 0.0692. The van der Waals surface area contributed by atoms with E-state index in [0.29, 0.717) is 17.4 Å². The maximum atomic E-state index is 11.0. The fraction of sp³-hybridized carbons (Fsp3) is 0.462. The van der Waals surface area contributed by atoms with E-state index in [0.717, 1.165) is 25.7 Å². The fourth-order valence-corrected chi connectivity index (χ4v) is 1.70. The molecule has 4 nitrogen and oxygen atoms in total. The minimum absolute atomic E-state index is 0.120. The van der Waals surface area contributed by atoms with Gasteiger partial charge in [-0.1, -0.05) is 18.0 Å². The summed E-state index contributed by atoms with van der Waals surface area (Å²) >= 11 is 5.80. The Morgan fingerprint density at radius 3 is 2.61 bits per heavy atom. The predicted molar refractivity (Wildman–Crippen MR) is 69.5 cm³/mol. The van der Waals surface area contributed by atoms with Crippen molar-refractivity contribution in [3.8, 4) is 5.75 Å². The molecule has 0 atom stereocenters. The zero-order chi connectivity index (χ0) is 13.4. The van der Waals surface area contributed by atoms with Gasteiger partial charge in [-0.3, -0.25) is 0 Å². The van der Waals surface area contributed by atoms with Gasteiger partial charge >= 0.3 is 5.97 Å². The van der Waals surface area contributed by atoms with Crippen LogP contribution < -0.4 is 4.74 Å². The molecule has 18 heavy (non-hydrogen) atoms. The summed E-state index contributed by atoms with van der Waals surface area (Å²) in [6.07, 6.45) is 3.51. The third-order valence-corrected chi connectivity index (χ3v) is 2.72. The molecular weight excluding hydrogens is 256 g/mol. The summed E-state index contributed by atoms with van der Waals surface area (Å²) in [5, 5.41) is 18.0. The lowest BCUT2D eigenvalue weighted by Crippen LogP contribution is -2.04. The first-order valence-corrected chi connectivity index (χ1v) is 6.29. The number of carbonyl (C=O) groups is 1. The van der Waals surface area contributed by atoms with Crippen LogP contribution in [0.2, 0.25) is 5.02 Å². The number of hydrogen-bond donors (Lipinski definition) is 2. The van der Waals surface area contributed by atoms with Gasteiger partial charge < -0.3 is 14.9 Å². The number of halogens is 1. The monoisotopic (exact) mass is 272 g/mol. The zero-order valence-corrected chi connectivity index (χ0v) is 10.8. The van der Waals surface area contributed by atoms with Crippen LogP contribution in [0.4, 0.5) is 0 Å². The predicted octanol–water partition coefficient (Wildman–Crippen LogP) is 2.97. The maximum Gasteiger partial charge on any atom is 0.339 e. The van der Waals surface area contributed by atoms with Crippen molar-refractivity contribution >= 4 is 17.6 Å². The van der Waals surface area contributed by atoms with Gasteiger partial charge in [0, 0.05) is 11.6 Å². The average molecular weight is 273 g/mol. The van der Waals surface area contributed by atoms with E-state index in [-0.39, 0.29) is 12.2 Å². The lowest BCUT2D eigenvalue weighted by Gasteiger charge is -2.09. The second-order valence-corrected chi connectivity index (χ2v) is 4.37. The molecule has 0 saturated carbocycles. The molecule has 0 aromatic heterocycles. The first kappa shape index (κ1) is 14.8. The van der Waals surface area contributed by atoms with Crippen LogP contribution in [-0.2, 0) is 0 Å². The minimum Gasteiger partial charge on any atom is -0.493 e. The summed E-state index contributed by atoms with van der Waals surface area (Å²) in [4.78, 5) is 11.0. The SMILES string of the molecule is O=C(O)c1ccc(Cl)cc1OCCCCCCO. The molecule has 0 unspecified atom stereocenters. The smallest absolute Gasteiger partial charge is 0.339 e. The molecular formula is C13H17ClO4. The van der Waals surface area contributed by atoms with E-state index in [1.807, 2.05) is 0 Å². The summed E-state index contributed by atoms with van der Waals surface area (Å²) in [6, 6.07) is 4.48. The van der Waals surface area contributed by atoms with Crippen LogP contribution in [-0.4, -0.2) is 29.4 Å². The molecule has 0 aliphatic heterocycles. The van der Waals surface area contributed by atoms with E-state index >= 15 is 0 Å². The Labute approximate surface area is 111 Å². The zero-order valence-electron chi connectivity index (χ0n) is 10.1. The number of aliphatic hydroxyl groups excluding tert-OH is 1. The Bertz CT molecular complexity index is 393. The number of carboxylic acid groups (broad SMARTS) is 1. The number of carboxylic acids is 1. The van der Waals surface area contributed by atoms with Crippen molar-refractivity contribution in [1.29, 1.82) is 0 Å². The largest absolute Gasteiger partial charge is 0.493 e. The normalized spacial score (nSPS) is 10.3. The molecule has 1 rings (SSSR count). The molecule has 0 spiro atoms. The van der Waals surface area contributed by atoms with E-state index in [9.17, 15) is 4.79 Å². The molecule has 0 aliphatic carbocycles. The minimum atomic E-state index is -1.03. The van der Waals surface area contributed by atoms with Crippen molar-refractivity contribution in [3.05, 3.63) is 28.8 Å². The molecule has 5 heteroatoms. The van der Waals surface area contributed by atoms with Gasteiger partial charge in [0.2, 0.25) is 0 Å². The van der Waals surface area contributed by atoms with Crippen LogP contribution in [0.3, 0.4) is 0 Å². The van der Waals surface area contributed by atoms with Crippen LogP contribution in [0.5, 0.6) is 5.75 Å². The van der Waals surface area contributed by atoms with Gasteiger partial charge in [-0.15, -0.1) is 0 Å². The molecule has 0 radical (unpaired) electrons. The molecule has 1 aromatic rings. The molecule has 0 amide bonds. The maximum absolute atomic E-state index is 11.0. The quantitative estimate of drug-likeness (QED) is 0.714. The molecule has 0 saturated heterocycles. The standard InChI is InChI=1S/C13H17ClO4/c14-10-5-6-11(13(16)17)12(9-10)18-8-4-2-1-3-7-15/h5-6,9,15H,1-4,7-8H2,(H,16,17). The fourth-order valence-electron chi connectivity index (χ4n) is 1.54. The third kappa shape index (κ3) is 4.94. The Balaban J connectivity index is 2.45. The van der Waals surface area contributed by atoms with Crippen LogP contribution in [0.1, 0.15) is 36.0 Å². The van der Waals surface area contributed by atoms with Crippen LogP contribution >= 0.6 is 11.6 Å². The van der Waals surface area contributed by atoms with Crippen molar-refractivity contribution in [3.63, 3.8) is 0 Å². The van der Waals surface area contributed by atoms with Gasteiger partial charge in [-0.25, -0.2) is 4.79 Å². The van der Waals surface area contributed by atoms with E-state index in [1.54, 1.807) is 0 Å². The van der Waals surface area contributed by atoms with Crippen molar-refractivity contribution in [2.24, 2.45) is 0 Å². The lowest BCUT2D eigenvalue weighted by atomic mass is 10.2.